The first-order chi connectivity index (χ1) is 17.8. The van der Waals surface area contributed by atoms with Crippen LogP contribution in [0.2, 0.25) is 0 Å². The molecule has 1 atom stereocenters. The Kier molecular flexibility index (Phi) is 6.72. The third-order valence-corrected chi connectivity index (χ3v) is 6.70. The SMILES string of the molecule is CC(C)N1CC(Nc2cccc([C@H](C)Nc3ncc(C#N)c(-c4cnc5c(C(F)F)cccn45)n3)c2)C1. The fraction of sp³-hybridized carbons (Fsp3) is 0.333. The van der Waals surface area contributed by atoms with Gasteiger partial charge in [-0.15, -0.1) is 0 Å². The zero-order valence-corrected chi connectivity index (χ0v) is 20.9. The summed E-state index contributed by atoms with van der Waals surface area (Å²) in [5.41, 5.74) is 3.04. The van der Waals surface area contributed by atoms with Crippen molar-refractivity contribution in [3.63, 3.8) is 0 Å². The highest BCUT2D eigenvalue weighted by molar-refractivity contribution is 5.68. The van der Waals surface area contributed by atoms with Crippen LogP contribution in [0.4, 0.5) is 20.4 Å². The molecule has 2 N–H and O–H groups in total. The van der Waals surface area contributed by atoms with Crippen LogP contribution < -0.4 is 10.6 Å². The normalized spacial score (nSPS) is 15.1. The van der Waals surface area contributed by atoms with Gasteiger partial charge in [0.1, 0.15) is 17.4 Å². The van der Waals surface area contributed by atoms with Crippen LogP contribution >= 0.6 is 0 Å². The third-order valence-electron chi connectivity index (χ3n) is 6.70. The molecule has 0 spiro atoms. The molecule has 190 valence electrons. The van der Waals surface area contributed by atoms with Gasteiger partial charge < -0.3 is 10.6 Å². The topological polar surface area (TPSA) is 94.2 Å². The number of nitrogens with zero attached hydrogens (tertiary/aromatic N) is 6. The third kappa shape index (κ3) is 4.95. The standard InChI is InChI=1S/C27H28F2N8/c1-16(2)36-14-21(15-36)34-20-7-4-6-18(10-20)17(3)33-27-32-12-19(11-30)24(35-27)23-13-31-26-22(25(28)29)8-5-9-37(23)26/h4-10,12-13,16-17,21,25,34H,14-15H2,1-3H3,(H,32,33,35)/t17-/m0/s1. The van der Waals surface area contributed by atoms with E-state index in [9.17, 15) is 14.0 Å². The molecular weight excluding hydrogens is 474 g/mol. The van der Waals surface area contributed by atoms with E-state index < -0.39 is 6.43 Å². The lowest BCUT2D eigenvalue weighted by atomic mass is 10.0. The van der Waals surface area contributed by atoms with E-state index >= 15 is 0 Å². The zero-order chi connectivity index (χ0) is 26.1. The van der Waals surface area contributed by atoms with Crippen LogP contribution in [0, 0.1) is 11.3 Å². The zero-order valence-electron chi connectivity index (χ0n) is 20.9. The molecule has 1 aliphatic rings. The summed E-state index contributed by atoms with van der Waals surface area (Å²) in [4.78, 5) is 15.5. The van der Waals surface area contributed by atoms with Gasteiger partial charge in [0, 0.05) is 31.0 Å². The minimum atomic E-state index is -2.67. The summed E-state index contributed by atoms with van der Waals surface area (Å²) in [5, 5.41) is 16.5. The van der Waals surface area contributed by atoms with Crippen LogP contribution in [-0.2, 0) is 0 Å². The van der Waals surface area contributed by atoms with Crippen LogP contribution in [-0.4, -0.2) is 49.4 Å². The van der Waals surface area contributed by atoms with Crippen molar-refractivity contribution >= 4 is 17.3 Å². The van der Waals surface area contributed by atoms with Gasteiger partial charge >= 0.3 is 0 Å². The molecule has 1 saturated heterocycles. The lowest BCUT2D eigenvalue weighted by Crippen LogP contribution is -2.57. The number of alkyl halides is 2. The second-order valence-corrected chi connectivity index (χ2v) is 9.55. The average Bonchev–Trinajstić information content (AvgIpc) is 3.30. The number of nitrogens with one attached hydrogen (secondary N) is 2. The fourth-order valence-electron chi connectivity index (χ4n) is 4.54. The van der Waals surface area contributed by atoms with Crippen molar-refractivity contribution in [3.8, 4) is 17.5 Å². The molecule has 0 bridgehead atoms. The van der Waals surface area contributed by atoms with Gasteiger partial charge in [-0.2, -0.15) is 5.26 Å². The van der Waals surface area contributed by atoms with Crippen molar-refractivity contribution in [1.82, 2.24) is 24.3 Å². The molecule has 1 aliphatic heterocycles. The molecule has 5 rings (SSSR count). The maximum absolute atomic E-state index is 13.4. The van der Waals surface area contributed by atoms with Crippen LogP contribution in [0.5, 0.6) is 0 Å². The number of halogens is 2. The Labute approximate surface area is 214 Å². The Morgan fingerprint density at radius 3 is 2.62 bits per heavy atom. The smallest absolute Gasteiger partial charge is 0.267 e. The van der Waals surface area contributed by atoms with E-state index in [2.05, 4.69) is 62.5 Å². The number of hydrogen-bond acceptors (Lipinski definition) is 7. The molecule has 0 amide bonds. The molecule has 3 aromatic heterocycles. The molecule has 0 unspecified atom stereocenters. The monoisotopic (exact) mass is 502 g/mol. The van der Waals surface area contributed by atoms with E-state index in [-0.39, 0.29) is 22.8 Å². The van der Waals surface area contributed by atoms with E-state index in [4.69, 9.17) is 0 Å². The Bertz CT molecular complexity index is 1450. The van der Waals surface area contributed by atoms with Gasteiger partial charge in [0.2, 0.25) is 5.95 Å². The molecule has 4 heterocycles. The summed E-state index contributed by atoms with van der Waals surface area (Å²) in [6, 6.07) is 14.0. The molecule has 0 saturated carbocycles. The lowest BCUT2D eigenvalue weighted by Gasteiger charge is -2.42. The first-order valence-corrected chi connectivity index (χ1v) is 12.2. The Hall–Kier alpha value is -4.10. The van der Waals surface area contributed by atoms with Gasteiger partial charge in [-0.05, 0) is 50.6 Å². The predicted octanol–water partition coefficient (Wildman–Crippen LogP) is 5.28. The van der Waals surface area contributed by atoms with Crippen LogP contribution in [0.25, 0.3) is 17.0 Å². The number of imidazole rings is 1. The second-order valence-electron chi connectivity index (χ2n) is 9.55. The van der Waals surface area contributed by atoms with Crippen LogP contribution in [0.1, 0.15) is 49.9 Å². The van der Waals surface area contributed by atoms with E-state index in [0.29, 0.717) is 29.4 Å². The number of fused-ring (bicyclic) bond motifs is 1. The van der Waals surface area contributed by atoms with E-state index in [1.54, 1.807) is 6.20 Å². The predicted molar refractivity (Wildman–Crippen MR) is 138 cm³/mol. The molecule has 37 heavy (non-hydrogen) atoms. The molecule has 0 aliphatic carbocycles. The van der Waals surface area contributed by atoms with Gasteiger partial charge in [0.15, 0.2) is 0 Å². The Morgan fingerprint density at radius 1 is 1.08 bits per heavy atom. The van der Waals surface area contributed by atoms with Crippen molar-refractivity contribution in [2.45, 2.75) is 45.3 Å². The van der Waals surface area contributed by atoms with Crippen LogP contribution in [0.3, 0.4) is 0 Å². The molecular formula is C27H28F2N8. The van der Waals surface area contributed by atoms with Crippen molar-refractivity contribution in [2.75, 3.05) is 23.7 Å². The number of anilines is 2. The molecule has 1 fully saturated rings. The molecule has 1 aromatic carbocycles. The average molecular weight is 503 g/mol. The lowest BCUT2D eigenvalue weighted by molar-refractivity contribution is 0.122. The van der Waals surface area contributed by atoms with Gasteiger partial charge in [-0.3, -0.25) is 9.30 Å². The van der Waals surface area contributed by atoms with Gasteiger partial charge in [-0.1, -0.05) is 12.1 Å². The summed E-state index contributed by atoms with van der Waals surface area (Å²) >= 11 is 0. The summed E-state index contributed by atoms with van der Waals surface area (Å²) in [6.45, 7) is 8.47. The van der Waals surface area contributed by atoms with Gasteiger partial charge in [-0.25, -0.2) is 23.7 Å². The minimum Gasteiger partial charge on any atom is -0.380 e. The Balaban J connectivity index is 1.37. The molecule has 10 heteroatoms. The highest BCUT2D eigenvalue weighted by atomic mass is 19.3. The first-order valence-electron chi connectivity index (χ1n) is 12.2. The number of nitriles is 1. The fourth-order valence-corrected chi connectivity index (χ4v) is 4.54. The summed E-state index contributed by atoms with van der Waals surface area (Å²) < 4.78 is 28.4. The quantitative estimate of drug-likeness (QED) is 0.339. The number of benzene rings is 1. The number of likely N-dealkylation sites (tertiary alicyclic amines) is 1. The summed E-state index contributed by atoms with van der Waals surface area (Å²) in [6.07, 6.45) is 1.85. The molecule has 0 radical (unpaired) electrons. The highest BCUT2D eigenvalue weighted by Crippen LogP contribution is 2.29. The number of pyridine rings is 1. The summed E-state index contributed by atoms with van der Waals surface area (Å²) in [7, 11) is 0. The van der Waals surface area contributed by atoms with Gasteiger partial charge in [0.25, 0.3) is 6.43 Å². The van der Waals surface area contributed by atoms with E-state index in [0.717, 1.165) is 24.3 Å². The molecule has 4 aromatic rings. The first kappa shape index (κ1) is 24.6. The minimum absolute atomic E-state index is 0.122. The largest absolute Gasteiger partial charge is 0.380 e. The maximum atomic E-state index is 13.4. The molecule has 8 nitrogen and oxygen atoms in total. The van der Waals surface area contributed by atoms with Crippen molar-refractivity contribution in [1.29, 1.82) is 5.26 Å². The van der Waals surface area contributed by atoms with Crippen LogP contribution in [0.15, 0.2) is 55.0 Å². The number of hydrogen-bond donors (Lipinski definition) is 2. The highest BCUT2D eigenvalue weighted by Gasteiger charge is 2.28. The van der Waals surface area contributed by atoms with Crippen molar-refractivity contribution in [3.05, 3.63) is 71.7 Å². The number of rotatable bonds is 8. The van der Waals surface area contributed by atoms with Crippen molar-refractivity contribution in [2.24, 2.45) is 0 Å². The van der Waals surface area contributed by atoms with Crippen molar-refractivity contribution < 1.29 is 8.78 Å². The Morgan fingerprint density at radius 2 is 1.89 bits per heavy atom. The summed E-state index contributed by atoms with van der Waals surface area (Å²) in [5.74, 6) is 0.325. The maximum Gasteiger partial charge on any atom is 0.267 e. The van der Waals surface area contributed by atoms with E-state index in [1.165, 1.54) is 28.9 Å². The van der Waals surface area contributed by atoms with E-state index in [1.807, 2.05) is 19.1 Å². The van der Waals surface area contributed by atoms with Gasteiger partial charge in [0.05, 0.1) is 41.3 Å². The number of aromatic nitrogens is 4. The second kappa shape index (κ2) is 10.1.